The van der Waals surface area contributed by atoms with Crippen LogP contribution < -0.4 is 15.4 Å². The van der Waals surface area contributed by atoms with E-state index in [4.69, 9.17) is 4.74 Å². The number of hydrogen-bond donors (Lipinski definition) is 2. The van der Waals surface area contributed by atoms with E-state index in [0.29, 0.717) is 0 Å². The molecule has 0 aromatic heterocycles. The lowest BCUT2D eigenvalue weighted by atomic mass is 9.95. The Bertz CT molecular complexity index is 562. The van der Waals surface area contributed by atoms with Gasteiger partial charge in [-0.1, -0.05) is 37.5 Å². The van der Waals surface area contributed by atoms with Gasteiger partial charge in [0.2, 0.25) is 0 Å². The van der Waals surface area contributed by atoms with Gasteiger partial charge in [-0.05, 0) is 49.2 Å². The van der Waals surface area contributed by atoms with Crippen LogP contribution >= 0.6 is 0 Å². The van der Waals surface area contributed by atoms with Crippen LogP contribution in [0.1, 0.15) is 32.1 Å². The lowest BCUT2D eigenvalue weighted by Gasteiger charge is -2.23. The Balaban J connectivity index is 1.39. The second-order valence-corrected chi connectivity index (χ2v) is 6.16. The van der Waals surface area contributed by atoms with Crippen LogP contribution in [0.4, 0.5) is 5.69 Å². The Morgan fingerprint density at radius 3 is 2.22 bits per heavy atom. The minimum Gasteiger partial charge on any atom is -0.457 e. The summed E-state index contributed by atoms with van der Waals surface area (Å²) in [5, 5.41) is 7.11. The van der Waals surface area contributed by atoms with Gasteiger partial charge in [0.15, 0.2) is 0 Å². The quantitative estimate of drug-likeness (QED) is 0.720. The topological polar surface area (TPSA) is 33.3 Å². The van der Waals surface area contributed by atoms with E-state index in [1.807, 2.05) is 42.5 Å². The van der Waals surface area contributed by atoms with E-state index < -0.39 is 0 Å². The second kappa shape index (κ2) is 8.59. The average molecular weight is 310 g/mol. The summed E-state index contributed by atoms with van der Waals surface area (Å²) in [6.07, 6.45) is 6.85. The number of benzene rings is 2. The van der Waals surface area contributed by atoms with Gasteiger partial charge in [0.05, 0.1) is 0 Å². The third-order valence-electron chi connectivity index (χ3n) is 4.33. The smallest absolute Gasteiger partial charge is 0.127 e. The van der Waals surface area contributed by atoms with Crippen LogP contribution in [0.15, 0.2) is 54.6 Å². The number of para-hydroxylation sites is 1. The van der Waals surface area contributed by atoms with Crippen LogP contribution in [0.2, 0.25) is 0 Å². The molecule has 1 saturated carbocycles. The van der Waals surface area contributed by atoms with E-state index in [2.05, 4.69) is 22.8 Å². The molecule has 1 fully saturated rings. The zero-order valence-electron chi connectivity index (χ0n) is 13.6. The number of rotatable bonds is 7. The molecule has 3 heteroatoms. The highest BCUT2D eigenvalue weighted by molar-refractivity contribution is 5.47. The minimum absolute atomic E-state index is 0.729. The lowest BCUT2D eigenvalue weighted by Crippen LogP contribution is -2.34. The fourth-order valence-electron chi connectivity index (χ4n) is 3.06. The Hall–Kier alpha value is -2.00. The summed E-state index contributed by atoms with van der Waals surface area (Å²) < 4.78 is 5.80. The summed E-state index contributed by atoms with van der Waals surface area (Å²) >= 11 is 0. The molecule has 23 heavy (non-hydrogen) atoms. The van der Waals surface area contributed by atoms with Crippen molar-refractivity contribution in [3.05, 3.63) is 54.6 Å². The Kier molecular flexibility index (Phi) is 5.93. The molecular weight excluding hydrogens is 284 g/mol. The molecule has 0 saturated heterocycles. The Morgan fingerprint density at radius 2 is 1.48 bits per heavy atom. The van der Waals surface area contributed by atoms with Gasteiger partial charge in [-0.3, -0.25) is 0 Å². The van der Waals surface area contributed by atoms with Crippen LogP contribution in [0.3, 0.4) is 0 Å². The van der Waals surface area contributed by atoms with Crippen molar-refractivity contribution < 1.29 is 4.74 Å². The first kappa shape index (κ1) is 15.9. The van der Waals surface area contributed by atoms with Crippen molar-refractivity contribution in [1.82, 2.24) is 5.32 Å². The normalized spacial score (nSPS) is 15.3. The number of ether oxygens (including phenoxy) is 1. The van der Waals surface area contributed by atoms with E-state index in [0.717, 1.165) is 36.3 Å². The van der Waals surface area contributed by atoms with Gasteiger partial charge < -0.3 is 15.4 Å². The molecule has 2 N–H and O–H groups in total. The summed E-state index contributed by atoms with van der Waals surface area (Å²) in [4.78, 5) is 0. The highest BCUT2D eigenvalue weighted by Gasteiger charge is 2.11. The fraction of sp³-hybridized carbons (Fsp3) is 0.400. The van der Waals surface area contributed by atoms with Crippen molar-refractivity contribution in [2.75, 3.05) is 18.4 Å². The fourth-order valence-corrected chi connectivity index (χ4v) is 3.06. The first-order valence-corrected chi connectivity index (χ1v) is 8.70. The zero-order chi connectivity index (χ0) is 15.7. The highest BCUT2D eigenvalue weighted by atomic mass is 16.5. The van der Waals surface area contributed by atoms with Crippen LogP contribution in [-0.4, -0.2) is 19.1 Å². The van der Waals surface area contributed by atoms with E-state index in [1.165, 1.54) is 32.1 Å². The first-order chi connectivity index (χ1) is 11.4. The monoisotopic (exact) mass is 310 g/mol. The van der Waals surface area contributed by atoms with Crippen molar-refractivity contribution in [1.29, 1.82) is 0 Å². The van der Waals surface area contributed by atoms with Crippen molar-refractivity contribution in [3.8, 4) is 11.5 Å². The van der Waals surface area contributed by atoms with Gasteiger partial charge in [0, 0.05) is 24.8 Å². The van der Waals surface area contributed by atoms with Crippen molar-refractivity contribution in [2.45, 2.75) is 38.1 Å². The number of nitrogens with one attached hydrogen (secondary N) is 2. The lowest BCUT2D eigenvalue weighted by molar-refractivity contribution is 0.378. The molecule has 3 rings (SSSR count). The molecule has 0 aliphatic heterocycles. The van der Waals surface area contributed by atoms with Gasteiger partial charge in [-0.2, -0.15) is 0 Å². The summed E-state index contributed by atoms with van der Waals surface area (Å²) in [6, 6.07) is 18.7. The molecular formula is C20H26N2O. The molecule has 0 spiro atoms. The van der Waals surface area contributed by atoms with E-state index in [-0.39, 0.29) is 0 Å². The number of anilines is 1. The molecule has 0 heterocycles. The largest absolute Gasteiger partial charge is 0.457 e. The molecule has 0 radical (unpaired) electrons. The van der Waals surface area contributed by atoms with Gasteiger partial charge in [0.25, 0.3) is 0 Å². The second-order valence-electron chi connectivity index (χ2n) is 6.16. The van der Waals surface area contributed by atoms with Crippen molar-refractivity contribution >= 4 is 5.69 Å². The summed E-state index contributed by atoms with van der Waals surface area (Å²) in [6.45, 7) is 1.97. The molecule has 0 atom stereocenters. The average Bonchev–Trinajstić information content (AvgIpc) is 2.62. The predicted molar refractivity (Wildman–Crippen MR) is 96.3 cm³/mol. The molecule has 2 aromatic rings. The van der Waals surface area contributed by atoms with Crippen molar-refractivity contribution in [2.24, 2.45) is 0 Å². The molecule has 0 amide bonds. The maximum absolute atomic E-state index is 5.80. The van der Waals surface area contributed by atoms with Crippen LogP contribution in [-0.2, 0) is 0 Å². The standard InChI is InChI=1S/C20H26N2O/c1-3-7-17(8-4-1)21-15-16-22-18-11-13-20(14-12-18)23-19-9-5-2-6-10-19/h2,5-6,9-14,17,21-22H,1,3-4,7-8,15-16H2. The SMILES string of the molecule is c1ccc(Oc2ccc(NCCNC3CCCCC3)cc2)cc1. The predicted octanol–water partition coefficient (Wildman–Crippen LogP) is 4.81. The maximum Gasteiger partial charge on any atom is 0.127 e. The van der Waals surface area contributed by atoms with Crippen LogP contribution in [0.5, 0.6) is 11.5 Å². The van der Waals surface area contributed by atoms with E-state index in [1.54, 1.807) is 0 Å². The summed E-state index contributed by atoms with van der Waals surface area (Å²) in [5.41, 5.74) is 1.14. The van der Waals surface area contributed by atoms with Crippen LogP contribution in [0.25, 0.3) is 0 Å². The van der Waals surface area contributed by atoms with Crippen molar-refractivity contribution in [3.63, 3.8) is 0 Å². The Labute approximate surface area is 139 Å². The summed E-state index contributed by atoms with van der Waals surface area (Å²) in [5.74, 6) is 1.73. The minimum atomic E-state index is 0.729. The molecule has 0 bridgehead atoms. The summed E-state index contributed by atoms with van der Waals surface area (Å²) in [7, 11) is 0. The third kappa shape index (κ3) is 5.29. The molecule has 2 aromatic carbocycles. The maximum atomic E-state index is 5.80. The van der Waals surface area contributed by atoms with Gasteiger partial charge in [-0.15, -0.1) is 0 Å². The molecule has 1 aliphatic carbocycles. The van der Waals surface area contributed by atoms with Crippen LogP contribution in [0, 0.1) is 0 Å². The third-order valence-corrected chi connectivity index (χ3v) is 4.33. The highest BCUT2D eigenvalue weighted by Crippen LogP contribution is 2.22. The molecule has 3 nitrogen and oxygen atoms in total. The zero-order valence-corrected chi connectivity index (χ0v) is 13.6. The van der Waals surface area contributed by atoms with Gasteiger partial charge in [0.1, 0.15) is 11.5 Å². The first-order valence-electron chi connectivity index (χ1n) is 8.70. The molecule has 122 valence electrons. The Morgan fingerprint density at radius 1 is 0.783 bits per heavy atom. The molecule has 0 unspecified atom stereocenters. The molecule has 1 aliphatic rings. The van der Waals surface area contributed by atoms with E-state index >= 15 is 0 Å². The van der Waals surface area contributed by atoms with Gasteiger partial charge in [-0.25, -0.2) is 0 Å². The van der Waals surface area contributed by atoms with E-state index in [9.17, 15) is 0 Å². The van der Waals surface area contributed by atoms with Gasteiger partial charge >= 0.3 is 0 Å². The number of hydrogen-bond acceptors (Lipinski definition) is 3.